The Morgan fingerprint density at radius 2 is 0.832 bits per heavy atom. The molecule has 57 heteroatoms. The number of nitrogens with zero attached hydrogens (tertiary/aromatic N) is 23. The summed E-state index contributed by atoms with van der Waals surface area (Å²) >= 11 is 4.75. The number of benzene rings is 2. The van der Waals surface area contributed by atoms with Crippen LogP contribution in [0.25, 0.3) is 47.6 Å². The van der Waals surface area contributed by atoms with Gasteiger partial charge >= 0.3 is 157 Å². The number of carbonyl (C=O) groups excluding carboxylic acids is 10. The van der Waals surface area contributed by atoms with Crippen LogP contribution in [0.15, 0.2) is 121 Å². The van der Waals surface area contributed by atoms with E-state index < -0.39 is 45.8 Å². The molecule has 6 fully saturated rings. The first-order valence-corrected chi connectivity index (χ1v) is 47.9. The van der Waals surface area contributed by atoms with Gasteiger partial charge in [-0.25, -0.2) is 75.2 Å². The summed E-state index contributed by atoms with van der Waals surface area (Å²) in [6.45, 7) is 26.5. The van der Waals surface area contributed by atoms with E-state index in [1.165, 1.54) is 60.1 Å². The average molecular weight is 2170 g/mol. The Kier molecular flexibility index (Phi) is 38.1. The normalized spacial score (nSPS) is 17.9. The Labute approximate surface area is 961 Å². The van der Waals surface area contributed by atoms with Crippen LogP contribution in [0.1, 0.15) is 137 Å². The number of nitrogen functional groups attached to an aromatic ring is 1. The van der Waals surface area contributed by atoms with E-state index in [-0.39, 0.29) is 264 Å². The van der Waals surface area contributed by atoms with Gasteiger partial charge in [-0.05, 0) is 128 Å². The molecule has 9 atom stereocenters. The van der Waals surface area contributed by atoms with E-state index in [1.54, 1.807) is 75.6 Å². The number of aromatic nitrogens is 16. The average Bonchev–Trinajstić information content (AvgIpc) is 1.59. The molecular weight excluding hydrogens is 2030 g/mol. The van der Waals surface area contributed by atoms with Crippen LogP contribution in [-0.4, -0.2) is 273 Å². The Bertz CT molecular complexity index is 6920. The number of likely N-dealkylation sites (tertiary alicyclic amines) is 3. The number of pyridine rings is 3. The number of para-hydroxylation sites is 1. The van der Waals surface area contributed by atoms with Crippen molar-refractivity contribution in [2.75, 3.05) is 132 Å². The van der Waals surface area contributed by atoms with Gasteiger partial charge in [0, 0.05) is 217 Å². The van der Waals surface area contributed by atoms with Crippen LogP contribution in [0.3, 0.4) is 0 Å². The molecule has 3 saturated heterocycles. The third-order valence-electron chi connectivity index (χ3n) is 24.1. The maximum Gasteiger partial charge on any atom is 1.00 e. The van der Waals surface area contributed by atoms with Gasteiger partial charge in [-0.2, -0.15) is 41.8 Å². The number of hydrogen-bond acceptors (Lipinski definition) is 42. The molecule has 19 rings (SSSR count). The minimum absolute atomic E-state index is 0. The fourth-order valence-corrected chi connectivity index (χ4v) is 21.6. The smallest absolute Gasteiger partial charge is 1.00 e. The number of nitrogens with one attached hydrogen (secondary N) is 5. The van der Waals surface area contributed by atoms with Gasteiger partial charge in [0.15, 0.2) is 10.8 Å². The monoisotopic (exact) mass is 2170 g/mol. The van der Waals surface area contributed by atoms with Crippen LogP contribution < -0.4 is 149 Å². The number of carbonyl (C=O) groups is 10. The molecule has 3 saturated carbocycles. The minimum atomic E-state index is -3.87. The summed E-state index contributed by atoms with van der Waals surface area (Å²) in [5.74, 6) is -1.27. The van der Waals surface area contributed by atoms with E-state index in [1.807, 2.05) is 51.7 Å². The van der Waals surface area contributed by atoms with Crippen molar-refractivity contribution in [2.24, 2.45) is 35.5 Å². The van der Waals surface area contributed by atoms with Crippen molar-refractivity contribution in [2.45, 2.75) is 68.0 Å². The third-order valence-corrected chi connectivity index (χ3v) is 28.9. The molecule has 6 aliphatic rings. The van der Waals surface area contributed by atoms with Gasteiger partial charge in [-0.1, -0.05) is 36.4 Å². The molecule has 788 valence electrons. The van der Waals surface area contributed by atoms with Crippen molar-refractivity contribution in [3.8, 4) is 5.75 Å². The van der Waals surface area contributed by atoms with Gasteiger partial charge in [-0.15, -0.1) is 0 Å². The molecule has 14 heterocycles. The van der Waals surface area contributed by atoms with Crippen LogP contribution in [-0.2, 0) is 54.6 Å². The summed E-state index contributed by atoms with van der Waals surface area (Å²) in [6.07, 6.45) is 15.2. The number of esters is 6. The Morgan fingerprint density at radius 3 is 1.18 bits per heavy atom. The molecule has 3 unspecified atom stereocenters. The second kappa shape index (κ2) is 50.0. The van der Waals surface area contributed by atoms with Crippen molar-refractivity contribution < 1.29 is 238 Å². The van der Waals surface area contributed by atoms with Crippen molar-refractivity contribution in [1.82, 2.24) is 90.4 Å². The molecule has 3 aliphatic carbocycles. The van der Waals surface area contributed by atoms with E-state index in [2.05, 4.69) is 145 Å². The van der Waals surface area contributed by atoms with Crippen LogP contribution in [0.5, 0.6) is 5.75 Å². The van der Waals surface area contributed by atoms with Crippen molar-refractivity contribution >= 4 is 216 Å². The number of methoxy groups -OCH3 is 5. The zero-order valence-corrected chi connectivity index (χ0v) is 89.1. The number of aromatic amines is 2. The summed E-state index contributed by atoms with van der Waals surface area (Å²) < 4.78 is 74.7. The molecule has 6 amide bonds. The first-order chi connectivity index (χ1) is 68.0. The SMILES string of the molecule is COC(=O)c1nsc(CC(=O)Oc2ccccc2)n1.COC(=O)c1nsc(N)n1.O=CO[O-].[C-]#[N+]c1cnc2[nH]ccc2c1N(C)C1C[C@@H]2CN(C(=O)Nc3nc(C(=O)OC)ns3)C[C@@H]2C1.[C-]#[N+]c1cnc2[nH]ccc2c1N(C)C1C[C@@H]2CN(C(=O)Nc3nc(C(=O)OC)ns3)C[C@@H]2C1.[C-]#[N+]c1cnc2c(ccn2S(=O)(=O)c2ccccc2)c1N(C)C1C[C@@H]2CN(C(=O)Nc3nc(C(=O)OC)ns3)C[C@@H]2C1.[H-].[HH].[HH].[HH].[HH].[HH].[HH].[HH].[HH].[HH].[HH].[HH].[HH].[HH].[HH].[HH].[HH].[HH].[HH].[HH].[HH].[HH].[HH].[HH].[HH].[HH].[HH].[HH].[K+].[K+]. The predicted octanol–water partition coefficient (Wildman–Crippen LogP) is 10.7. The number of hydrogen-bond donors (Lipinski definition) is 6. The summed E-state index contributed by atoms with van der Waals surface area (Å²) in [5, 5.41) is 20.5. The van der Waals surface area contributed by atoms with Crippen LogP contribution >= 0.6 is 57.7 Å². The Balaban J connectivity index is -0.000000114. The molecular formula is C86H141K2N29O20S6. The second-order valence-corrected chi connectivity index (χ2v) is 37.8. The first kappa shape index (κ1) is 109. The van der Waals surface area contributed by atoms with Crippen LogP contribution in [0.2, 0.25) is 0 Å². The van der Waals surface area contributed by atoms with E-state index in [0.29, 0.717) is 102 Å². The van der Waals surface area contributed by atoms with Crippen molar-refractivity contribution in [3.63, 3.8) is 0 Å². The summed E-state index contributed by atoms with van der Waals surface area (Å²) in [7, 11) is 8.40. The maximum atomic E-state index is 13.4. The quantitative estimate of drug-likeness (QED) is 0.00603. The minimum Gasteiger partial charge on any atom is -1.00 e. The summed E-state index contributed by atoms with van der Waals surface area (Å²) in [5.41, 5.74) is 10.9. The van der Waals surface area contributed by atoms with Crippen molar-refractivity contribution in [1.29, 1.82) is 0 Å². The number of nitrogens with two attached hydrogens (primary N) is 1. The van der Waals surface area contributed by atoms with Crippen molar-refractivity contribution in [3.05, 3.63) is 184 Å². The fraction of sp³-hybridized carbons (Fsp3) is 0.349. The largest absolute Gasteiger partial charge is 1.00 e. The standard InChI is InChI=1S/C27H26N8O5S2.2C21H22N8O3S.C12H10N2O4S.C4H5N3O2S.CH2O3.2K.27H2.H/c1-28-21-13-29-24-20(9-10-35(24)42(38,39)19-7-5-4-6-8-19)22(21)33(2)18-11-16-14-34(15-17(16)12-18)27(37)31-26-30-23(32-41-26)25(36)40-3;2*1-22-15-8-24-17-14(4-5-23-17)16(15)28(2)13-6-11-9-29(10-12(11)7-13)21(31)26-20-25-18(27-33-20)19(30)32-3;1-17-12(16)11-13-9(19-14-11)7-10(15)18-8-5-3-2-4-6-8;1-9-3(8)2-6-4(5)10-7-2;2-1-4-3;;;;;;;;;;;;;;;;;;;;;;;;;;;;;;/h4-10,13,16-18H,11-12,14-15H2,2-3H3,(H,30,31,32,37);2*4-5,8,11-13H,6-7,9-10H2,2-3H3,(H,23,24)(H,25,26,27,31);2-6H,7H2,1H3;1H3,(H2,5,6,7);1,3H;;;27*1H;/q;;;;;;2*+1;;;;;;;;;;;;;;;;;;;;;;;;;;;;-1/p-1/t16-,17+,18?;2*11-,12+,13?;;;;;;;;;;;;;;;;;;;;;;;;;;;;;;;;;. The van der Waals surface area contributed by atoms with Crippen LogP contribution in [0.4, 0.5) is 69.0 Å². The maximum absolute atomic E-state index is 13.4. The molecule has 13 aromatic rings. The summed E-state index contributed by atoms with van der Waals surface area (Å²) in [4.78, 5) is 179. The number of ether oxygens (including phenoxy) is 6. The number of urea groups is 3. The van der Waals surface area contributed by atoms with Gasteiger partial charge in [0.05, 0.1) is 83.6 Å². The predicted molar refractivity (Wildman–Crippen MR) is 568 cm³/mol. The number of rotatable bonds is 20. The molecule has 0 bridgehead atoms. The molecule has 49 nitrogen and oxygen atoms in total. The van der Waals surface area contributed by atoms with Gasteiger partial charge < -0.3 is 85.1 Å². The second-order valence-electron chi connectivity index (χ2n) is 32.1. The third kappa shape index (κ3) is 25.7. The number of amides is 6. The van der Waals surface area contributed by atoms with Gasteiger partial charge in [-0.3, -0.25) is 35.5 Å². The molecule has 11 aromatic heterocycles. The first-order valence-electron chi connectivity index (χ1n) is 42.6. The Morgan fingerprint density at radius 1 is 0.497 bits per heavy atom. The van der Waals surface area contributed by atoms with Crippen LogP contribution in [0, 0.1) is 55.2 Å². The molecule has 7 N–H and O–H groups in total. The molecule has 0 spiro atoms. The van der Waals surface area contributed by atoms with E-state index in [4.69, 9.17) is 40.2 Å². The van der Waals surface area contributed by atoms with Gasteiger partial charge in [0.2, 0.25) is 32.5 Å². The van der Waals surface area contributed by atoms with Gasteiger partial charge in [0.1, 0.15) is 22.1 Å². The van der Waals surface area contributed by atoms with E-state index in [0.717, 1.165) is 134 Å². The fourth-order valence-electron chi connectivity index (χ4n) is 17.6. The number of fused-ring (bicyclic) bond motifs is 6. The zero-order chi connectivity index (χ0) is 100. The number of anilines is 7. The zero-order valence-electron chi connectivity index (χ0n) is 78.9. The number of H-pyrrole nitrogens is 2. The summed E-state index contributed by atoms with van der Waals surface area (Å²) in [6, 6.07) is 22.4. The molecule has 0 radical (unpaired) electrons. The molecule has 2 aromatic carbocycles. The molecule has 143 heavy (non-hydrogen) atoms. The van der Waals surface area contributed by atoms with E-state index >= 15 is 0 Å². The Hall–Kier alpha value is -12.7. The molecule has 3 aliphatic heterocycles. The van der Waals surface area contributed by atoms with E-state index in [9.17, 15) is 51.6 Å². The topological polar surface area (TPSA) is 591 Å². The van der Waals surface area contributed by atoms with Gasteiger partial charge in [0.25, 0.3) is 45.6 Å².